The molecule has 6 nitrogen and oxygen atoms in total. The molecule has 0 radical (unpaired) electrons. The molecule has 0 aliphatic heterocycles. The van der Waals surface area contributed by atoms with E-state index in [-0.39, 0.29) is 16.1 Å². The fourth-order valence-electron chi connectivity index (χ4n) is 1.78. The summed E-state index contributed by atoms with van der Waals surface area (Å²) in [5.41, 5.74) is -0.443. The van der Waals surface area contributed by atoms with Gasteiger partial charge < -0.3 is 0 Å². The van der Waals surface area contributed by atoms with Gasteiger partial charge in [-0.25, -0.2) is 9.36 Å². The molecule has 2 aromatic heterocycles. The third-order valence-corrected chi connectivity index (χ3v) is 3.41. The van der Waals surface area contributed by atoms with Crippen molar-refractivity contribution in [2.75, 3.05) is 0 Å². The number of aromatic amines is 2. The Morgan fingerprint density at radius 1 is 1.16 bits per heavy atom. The van der Waals surface area contributed by atoms with E-state index in [1.54, 1.807) is 0 Å². The van der Waals surface area contributed by atoms with Crippen LogP contribution in [0.2, 0.25) is 10.0 Å². The first-order valence-electron chi connectivity index (χ1n) is 5.22. The highest BCUT2D eigenvalue weighted by Crippen LogP contribution is 2.23. The van der Waals surface area contributed by atoms with Crippen molar-refractivity contribution in [2.24, 2.45) is 0 Å². The Kier molecular flexibility index (Phi) is 2.69. The summed E-state index contributed by atoms with van der Waals surface area (Å²) >= 11 is 11.7. The number of aromatic nitrogens is 4. The van der Waals surface area contributed by atoms with Crippen LogP contribution in [0.15, 0.2) is 34.0 Å². The van der Waals surface area contributed by atoms with E-state index >= 15 is 0 Å². The smallest absolute Gasteiger partial charge is 0.291 e. The number of nitrogens with zero attached hydrogens (tertiary/aromatic N) is 2. The summed E-state index contributed by atoms with van der Waals surface area (Å²) in [6.07, 6.45) is 1.35. The Morgan fingerprint density at radius 2 is 1.95 bits per heavy atom. The van der Waals surface area contributed by atoms with E-state index in [2.05, 4.69) is 15.2 Å². The lowest BCUT2D eigenvalue weighted by Crippen LogP contribution is -2.33. The van der Waals surface area contributed by atoms with Crippen molar-refractivity contribution in [3.63, 3.8) is 0 Å². The highest BCUT2D eigenvalue weighted by Gasteiger charge is 2.11. The molecule has 3 rings (SSSR count). The van der Waals surface area contributed by atoms with Gasteiger partial charge in [-0.3, -0.25) is 14.9 Å². The van der Waals surface area contributed by atoms with E-state index in [0.717, 1.165) is 4.57 Å². The quantitative estimate of drug-likeness (QED) is 0.717. The highest BCUT2D eigenvalue weighted by atomic mass is 35.5. The monoisotopic (exact) mass is 296 g/mol. The standard InChI is InChI=1S/C11H6Cl2N4O2/c12-7-2-1-5(3-8(7)13)17-10(18)6-4-14-16-9(6)15-11(17)19/h1-4H,(H2,14,15,16,19). The zero-order chi connectivity index (χ0) is 13.6. The van der Waals surface area contributed by atoms with E-state index < -0.39 is 11.2 Å². The summed E-state index contributed by atoms with van der Waals surface area (Å²) in [6.45, 7) is 0. The molecule has 0 spiro atoms. The number of nitrogens with one attached hydrogen (secondary N) is 2. The van der Waals surface area contributed by atoms with Gasteiger partial charge in [0.25, 0.3) is 5.56 Å². The van der Waals surface area contributed by atoms with E-state index in [1.165, 1.54) is 24.4 Å². The molecule has 0 atom stereocenters. The van der Waals surface area contributed by atoms with Crippen LogP contribution in [-0.2, 0) is 0 Å². The number of rotatable bonds is 1. The van der Waals surface area contributed by atoms with Gasteiger partial charge >= 0.3 is 5.69 Å². The Labute approximate surface area is 115 Å². The number of hydrogen-bond donors (Lipinski definition) is 2. The summed E-state index contributed by atoms with van der Waals surface area (Å²) in [7, 11) is 0. The second kappa shape index (κ2) is 4.25. The van der Waals surface area contributed by atoms with Crippen molar-refractivity contribution in [3.05, 3.63) is 55.3 Å². The van der Waals surface area contributed by atoms with Gasteiger partial charge in [0.2, 0.25) is 0 Å². The molecule has 0 saturated carbocycles. The molecule has 3 aromatic rings. The Morgan fingerprint density at radius 3 is 2.68 bits per heavy atom. The summed E-state index contributed by atoms with van der Waals surface area (Å²) < 4.78 is 0.972. The van der Waals surface area contributed by atoms with Crippen molar-refractivity contribution >= 4 is 34.2 Å². The molecule has 0 aliphatic rings. The van der Waals surface area contributed by atoms with Crippen molar-refractivity contribution in [1.82, 2.24) is 19.7 Å². The van der Waals surface area contributed by atoms with Crippen LogP contribution >= 0.6 is 23.2 Å². The lowest BCUT2D eigenvalue weighted by molar-refractivity contribution is 0.897. The number of H-pyrrole nitrogens is 2. The third-order valence-electron chi connectivity index (χ3n) is 2.67. The number of fused-ring (bicyclic) bond motifs is 1. The van der Waals surface area contributed by atoms with E-state index in [9.17, 15) is 9.59 Å². The summed E-state index contributed by atoms with van der Waals surface area (Å²) in [5.74, 6) is 0. The molecule has 96 valence electrons. The average Bonchev–Trinajstić information content (AvgIpc) is 2.82. The Bertz CT molecular complexity index is 894. The first-order valence-corrected chi connectivity index (χ1v) is 5.97. The molecule has 1 aromatic carbocycles. The van der Waals surface area contributed by atoms with Crippen LogP contribution in [0.3, 0.4) is 0 Å². The Balaban J connectivity index is 2.38. The summed E-state index contributed by atoms with van der Waals surface area (Å²) in [5, 5.41) is 7.14. The van der Waals surface area contributed by atoms with Crippen LogP contribution in [-0.4, -0.2) is 19.7 Å². The Hall–Kier alpha value is -2.05. The van der Waals surface area contributed by atoms with Crippen LogP contribution in [0.25, 0.3) is 16.7 Å². The van der Waals surface area contributed by atoms with E-state index in [0.29, 0.717) is 10.7 Å². The first kappa shape index (κ1) is 12.0. The van der Waals surface area contributed by atoms with Gasteiger partial charge in [0.1, 0.15) is 11.0 Å². The molecular weight excluding hydrogens is 291 g/mol. The molecule has 2 N–H and O–H groups in total. The normalized spacial score (nSPS) is 11.1. The topological polar surface area (TPSA) is 83.5 Å². The van der Waals surface area contributed by atoms with Crippen LogP contribution < -0.4 is 11.2 Å². The zero-order valence-corrected chi connectivity index (χ0v) is 10.8. The summed E-state index contributed by atoms with van der Waals surface area (Å²) in [6, 6.07) is 4.51. The van der Waals surface area contributed by atoms with Crippen LogP contribution in [0.4, 0.5) is 0 Å². The maximum absolute atomic E-state index is 12.2. The molecule has 0 amide bonds. The SMILES string of the molecule is O=c1[nH]c2[nH]ncc2c(=O)n1-c1ccc(Cl)c(Cl)c1. The molecule has 0 bridgehead atoms. The van der Waals surface area contributed by atoms with Gasteiger partial charge in [-0.1, -0.05) is 23.2 Å². The molecule has 0 aliphatic carbocycles. The predicted octanol–water partition coefficient (Wildman–Crippen LogP) is 1.71. The average molecular weight is 297 g/mol. The molecule has 8 heteroatoms. The molecular formula is C11H6Cl2N4O2. The third kappa shape index (κ3) is 1.85. The maximum atomic E-state index is 12.2. The maximum Gasteiger partial charge on any atom is 0.334 e. The number of benzene rings is 1. The van der Waals surface area contributed by atoms with Gasteiger partial charge in [0.15, 0.2) is 0 Å². The second-order valence-electron chi connectivity index (χ2n) is 3.83. The molecule has 19 heavy (non-hydrogen) atoms. The molecule has 0 unspecified atom stereocenters. The van der Waals surface area contributed by atoms with Crippen LogP contribution in [0.5, 0.6) is 0 Å². The highest BCUT2D eigenvalue weighted by molar-refractivity contribution is 6.42. The van der Waals surface area contributed by atoms with E-state index in [4.69, 9.17) is 23.2 Å². The lowest BCUT2D eigenvalue weighted by atomic mass is 10.3. The van der Waals surface area contributed by atoms with Gasteiger partial charge in [-0.15, -0.1) is 0 Å². The first-order chi connectivity index (χ1) is 9.08. The predicted molar refractivity (Wildman–Crippen MR) is 72.3 cm³/mol. The van der Waals surface area contributed by atoms with E-state index in [1.807, 2.05) is 0 Å². The number of hydrogen-bond acceptors (Lipinski definition) is 3. The van der Waals surface area contributed by atoms with Gasteiger partial charge in [0, 0.05) is 0 Å². The van der Waals surface area contributed by atoms with Crippen molar-refractivity contribution in [3.8, 4) is 5.69 Å². The molecule has 0 saturated heterocycles. The lowest BCUT2D eigenvalue weighted by Gasteiger charge is -2.05. The second-order valence-corrected chi connectivity index (χ2v) is 4.64. The number of halogens is 2. The fourth-order valence-corrected chi connectivity index (χ4v) is 2.07. The van der Waals surface area contributed by atoms with Crippen molar-refractivity contribution < 1.29 is 0 Å². The van der Waals surface area contributed by atoms with Gasteiger partial charge in [-0.05, 0) is 18.2 Å². The van der Waals surface area contributed by atoms with Gasteiger partial charge in [-0.2, -0.15) is 5.10 Å². The molecule has 2 heterocycles. The minimum absolute atomic E-state index is 0.262. The van der Waals surface area contributed by atoms with Crippen molar-refractivity contribution in [1.29, 1.82) is 0 Å². The minimum Gasteiger partial charge on any atom is -0.291 e. The largest absolute Gasteiger partial charge is 0.334 e. The van der Waals surface area contributed by atoms with Crippen LogP contribution in [0, 0.1) is 0 Å². The zero-order valence-electron chi connectivity index (χ0n) is 9.28. The van der Waals surface area contributed by atoms with Crippen LogP contribution in [0.1, 0.15) is 0 Å². The van der Waals surface area contributed by atoms with Crippen molar-refractivity contribution in [2.45, 2.75) is 0 Å². The molecule has 0 fully saturated rings. The summed E-state index contributed by atoms with van der Waals surface area (Å²) in [4.78, 5) is 26.7. The fraction of sp³-hybridized carbons (Fsp3) is 0. The van der Waals surface area contributed by atoms with Gasteiger partial charge in [0.05, 0.1) is 21.9 Å². The minimum atomic E-state index is -0.583.